The first-order valence-corrected chi connectivity index (χ1v) is 9.35. The van der Waals surface area contributed by atoms with Crippen molar-refractivity contribution in [3.63, 3.8) is 0 Å². The maximum atomic E-state index is 12.5. The van der Waals surface area contributed by atoms with Gasteiger partial charge < -0.3 is 15.8 Å². The summed E-state index contributed by atoms with van der Waals surface area (Å²) in [5.41, 5.74) is 8.43. The van der Waals surface area contributed by atoms with E-state index in [0.29, 0.717) is 13.0 Å². The Bertz CT molecular complexity index is 730. The van der Waals surface area contributed by atoms with Crippen LogP contribution in [0.25, 0.3) is 0 Å². The van der Waals surface area contributed by atoms with E-state index in [-0.39, 0.29) is 29.8 Å². The van der Waals surface area contributed by atoms with Crippen molar-refractivity contribution < 1.29 is 9.53 Å². The molecule has 1 saturated carbocycles. The highest BCUT2D eigenvalue weighted by Crippen LogP contribution is 2.41. The first-order valence-electron chi connectivity index (χ1n) is 9.35. The molecule has 0 aromatic heterocycles. The van der Waals surface area contributed by atoms with Crippen LogP contribution in [0.1, 0.15) is 49.3 Å². The molecule has 1 aliphatic rings. The van der Waals surface area contributed by atoms with E-state index in [4.69, 9.17) is 10.5 Å². The summed E-state index contributed by atoms with van der Waals surface area (Å²) < 4.78 is 5.38. The van der Waals surface area contributed by atoms with Gasteiger partial charge in [0.05, 0.1) is 7.11 Å². The molecule has 0 bridgehead atoms. The molecule has 1 fully saturated rings. The first-order chi connectivity index (χ1) is 12.6. The molecule has 0 heterocycles. The average molecular weight is 389 g/mol. The molecule has 4 nitrogen and oxygen atoms in total. The normalized spacial score (nSPS) is 16.2. The van der Waals surface area contributed by atoms with Crippen molar-refractivity contribution in [2.45, 2.75) is 43.6 Å². The number of nitrogens with two attached hydrogens (primary N) is 1. The van der Waals surface area contributed by atoms with Gasteiger partial charge in [0.15, 0.2) is 0 Å². The molecule has 3 N–H and O–H groups in total. The van der Waals surface area contributed by atoms with Gasteiger partial charge in [-0.05, 0) is 36.1 Å². The maximum absolute atomic E-state index is 12.5. The van der Waals surface area contributed by atoms with Crippen LogP contribution in [0.2, 0.25) is 0 Å². The fourth-order valence-electron chi connectivity index (χ4n) is 3.93. The van der Waals surface area contributed by atoms with E-state index in [1.807, 2.05) is 42.5 Å². The minimum absolute atomic E-state index is 0. The van der Waals surface area contributed by atoms with Gasteiger partial charge in [0.25, 0.3) is 0 Å². The molecule has 1 atom stereocenters. The Hall–Kier alpha value is -2.04. The van der Waals surface area contributed by atoms with Crippen molar-refractivity contribution >= 4 is 18.3 Å². The molecule has 1 aliphatic carbocycles. The van der Waals surface area contributed by atoms with E-state index >= 15 is 0 Å². The Morgan fingerprint density at radius 2 is 1.85 bits per heavy atom. The zero-order chi connectivity index (χ0) is 18.4. The zero-order valence-electron chi connectivity index (χ0n) is 15.8. The van der Waals surface area contributed by atoms with Crippen molar-refractivity contribution in [3.05, 3.63) is 65.7 Å². The zero-order valence-corrected chi connectivity index (χ0v) is 16.6. The average Bonchev–Trinajstić information content (AvgIpc) is 3.17. The van der Waals surface area contributed by atoms with Gasteiger partial charge in [0.1, 0.15) is 5.75 Å². The fraction of sp³-hybridized carbons (Fsp3) is 0.409. The van der Waals surface area contributed by atoms with Crippen molar-refractivity contribution in [1.29, 1.82) is 0 Å². The molecule has 0 saturated heterocycles. The predicted octanol–water partition coefficient (Wildman–Crippen LogP) is 4.14. The van der Waals surface area contributed by atoms with Crippen LogP contribution in [0, 0.1) is 0 Å². The Kier molecular flexibility index (Phi) is 7.69. The number of nitrogens with one attached hydrogen (secondary N) is 1. The summed E-state index contributed by atoms with van der Waals surface area (Å²) in [7, 11) is 1.69. The molecule has 2 aromatic carbocycles. The summed E-state index contributed by atoms with van der Waals surface area (Å²) in [6.07, 6.45) is 4.86. The number of benzene rings is 2. The second-order valence-corrected chi connectivity index (χ2v) is 7.22. The molecule has 146 valence electrons. The van der Waals surface area contributed by atoms with Crippen molar-refractivity contribution in [2.24, 2.45) is 5.73 Å². The van der Waals surface area contributed by atoms with Crippen LogP contribution < -0.4 is 15.8 Å². The van der Waals surface area contributed by atoms with Crippen molar-refractivity contribution in [2.75, 3.05) is 13.7 Å². The van der Waals surface area contributed by atoms with E-state index < -0.39 is 0 Å². The first kappa shape index (κ1) is 21.3. The summed E-state index contributed by atoms with van der Waals surface area (Å²) >= 11 is 0. The molecular weight excluding hydrogens is 360 g/mol. The highest BCUT2D eigenvalue weighted by atomic mass is 35.5. The van der Waals surface area contributed by atoms with Crippen LogP contribution in [0.15, 0.2) is 54.6 Å². The Labute approximate surface area is 167 Å². The Balaban J connectivity index is 0.00000261. The molecule has 0 radical (unpaired) electrons. The molecule has 5 heteroatoms. The quantitative estimate of drug-likeness (QED) is 0.749. The number of carbonyl (C=O) groups is 1. The summed E-state index contributed by atoms with van der Waals surface area (Å²) in [4.78, 5) is 12.5. The van der Waals surface area contributed by atoms with Gasteiger partial charge in [0, 0.05) is 24.4 Å². The van der Waals surface area contributed by atoms with E-state index in [0.717, 1.165) is 24.2 Å². The summed E-state index contributed by atoms with van der Waals surface area (Å²) in [6, 6.07) is 17.8. The van der Waals surface area contributed by atoms with Gasteiger partial charge in [0.2, 0.25) is 5.91 Å². The number of hydrogen-bond acceptors (Lipinski definition) is 3. The molecule has 1 amide bonds. The highest BCUT2D eigenvalue weighted by Gasteiger charge is 2.36. The van der Waals surface area contributed by atoms with E-state index in [1.54, 1.807) is 7.11 Å². The third kappa shape index (κ3) is 5.24. The van der Waals surface area contributed by atoms with Crippen molar-refractivity contribution in [3.8, 4) is 5.75 Å². The lowest BCUT2D eigenvalue weighted by Crippen LogP contribution is -2.39. The number of ether oxygens (including phenoxy) is 1. The maximum Gasteiger partial charge on any atom is 0.221 e. The van der Waals surface area contributed by atoms with Crippen LogP contribution in [-0.2, 0) is 10.2 Å². The van der Waals surface area contributed by atoms with Gasteiger partial charge >= 0.3 is 0 Å². The van der Waals surface area contributed by atoms with Crippen LogP contribution in [0.4, 0.5) is 0 Å². The lowest BCUT2D eigenvalue weighted by Gasteiger charge is -2.30. The smallest absolute Gasteiger partial charge is 0.221 e. The lowest BCUT2D eigenvalue weighted by molar-refractivity contribution is -0.121. The van der Waals surface area contributed by atoms with Gasteiger partial charge in [-0.2, -0.15) is 0 Å². The molecule has 0 spiro atoms. The number of carbonyl (C=O) groups excluding carboxylic acids is 1. The molecule has 27 heavy (non-hydrogen) atoms. The summed E-state index contributed by atoms with van der Waals surface area (Å²) in [6.45, 7) is 0.653. The third-order valence-corrected chi connectivity index (χ3v) is 5.50. The summed E-state index contributed by atoms with van der Waals surface area (Å²) in [5.74, 6) is 0.877. The monoisotopic (exact) mass is 388 g/mol. The number of hydrogen-bond donors (Lipinski definition) is 2. The minimum atomic E-state index is -0.271. The molecule has 3 rings (SSSR count). The predicted molar refractivity (Wildman–Crippen MR) is 111 cm³/mol. The van der Waals surface area contributed by atoms with Crippen LogP contribution in [-0.4, -0.2) is 19.6 Å². The number of amides is 1. The lowest BCUT2D eigenvalue weighted by atomic mass is 9.78. The van der Waals surface area contributed by atoms with Crippen molar-refractivity contribution in [1.82, 2.24) is 5.32 Å². The Morgan fingerprint density at radius 1 is 1.15 bits per heavy atom. The highest BCUT2D eigenvalue weighted by molar-refractivity contribution is 5.85. The Morgan fingerprint density at radius 3 is 2.52 bits per heavy atom. The largest absolute Gasteiger partial charge is 0.497 e. The number of methoxy groups -OCH3 is 1. The van der Waals surface area contributed by atoms with Crippen LogP contribution in [0.3, 0.4) is 0 Å². The number of halogens is 1. The van der Waals surface area contributed by atoms with E-state index in [2.05, 4.69) is 17.4 Å². The van der Waals surface area contributed by atoms with Gasteiger partial charge in [-0.25, -0.2) is 0 Å². The van der Waals surface area contributed by atoms with Gasteiger partial charge in [-0.3, -0.25) is 4.79 Å². The minimum Gasteiger partial charge on any atom is -0.497 e. The van der Waals surface area contributed by atoms with Gasteiger partial charge in [-0.15, -0.1) is 12.4 Å². The second kappa shape index (κ2) is 9.77. The van der Waals surface area contributed by atoms with Gasteiger partial charge in [-0.1, -0.05) is 55.3 Å². The molecule has 1 unspecified atom stereocenters. The van der Waals surface area contributed by atoms with E-state index in [1.165, 1.54) is 18.4 Å². The van der Waals surface area contributed by atoms with Crippen LogP contribution in [0.5, 0.6) is 5.75 Å². The topological polar surface area (TPSA) is 64.3 Å². The van der Waals surface area contributed by atoms with E-state index in [9.17, 15) is 4.79 Å². The summed E-state index contributed by atoms with van der Waals surface area (Å²) in [5, 5.41) is 3.14. The second-order valence-electron chi connectivity index (χ2n) is 7.22. The molecule has 2 aromatic rings. The van der Waals surface area contributed by atoms with Crippen LogP contribution >= 0.6 is 12.4 Å². The number of rotatable bonds is 7. The third-order valence-electron chi connectivity index (χ3n) is 5.50. The fourth-order valence-corrected chi connectivity index (χ4v) is 3.93. The SMILES string of the molecule is COc1cccc(C2(CNC(=O)CC(N)c3ccccc3)CCCC2)c1.Cl. The molecule has 0 aliphatic heterocycles. The molecular formula is C22H29ClN2O2. The standard InChI is InChI=1S/C22H28N2O2.ClH/c1-26-19-11-7-10-18(14-19)22(12-5-6-13-22)16-24-21(25)15-20(23)17-8-3-2-4-9-17;/h2-4,7-11,14,20H,5-6,12-13,15-16,23H2,1H3,(H,24,25);1H.